The Labute approximate surface area is 144 Å². The highest BCUT2D eigenvalue weighted by molar-refractivity contribution is 7.09. The Morgan fingerprint density at radius 3 is 2.91 bits per heavy atom. The lowest BCUT2D eigenvalue weighted by Gasteiger charge is -2.32. The van der Waals surface area contributed by atoms with Gasteiger partial charge in [0, 0.05) is 23.0 Å². The fourth-order valence-electron chi connectivity index (χ4n) is 2.45. The number of morpholine rings is 1. The van der Waals surface area contributed by atoms with Crippen molar-refractivity contribution in [2.75, 3.05) is 19.7 Å². The van der Waals surface area contributed by atoms with Crippen LogP contribution >= 0.6 is 22.9 Å². The zero-order chi connectivity index (χ0) is 16.2. The zero-order valence-corrected chi connectivity index (χ0v) is 14.3. The largest absolute Gasteiger partial charge is 0.370 e. The van der Waals surface area contributed by atoms with Crippen molar-refractivity contribution in [3.63, 3.8) is 0 Å². The number of aromatic nitrogens is 1. The molecule has 1 saturated heterocycles. The number of rotatable bonds is 3. The molecule has 1 atom stereocenters. The summed E-state index contributed by atoms with van der Waals surface area (Å²) in [6.45, 7) is 3.62. The van der Waals surface area contributed by atoms with Gasteiger partial charge in [-0.15, -0.1) is 11.3 Å². The van der Waals surface area contributed by atoms with Crippen molar-refractivity contribution >= 4 is 34.9 Å². The lowest BCUT2D eigenvalue weighted by atomic mass is 10.1. The normalized spacial score (nSPS) is 18.5. The summed E-state index contributed by atoms with van der Waals surface area (Å²) < 4.78 is 5.78. The molecule has 0 saturated carbocycles. The molecule has 1 aromatic heterocycles. The highest BCUT2D eigenvalue weighted by Gasteiger charge is 2.24. The quantitative estimate of drug-likeness (QED) is 0.794. The summed E-state index contributed by atoms with van der Waals surface area (Å²) in [5.74, 6) is -0.0158. The first-order valence-corrected chi connectivity index (χ1v) is 8.64. The van der Waals surface area contributed by atoms with Gasteiger partial charge < -0.3 is 9.64 Å². The van der Waals surface area contributed by atoms with Gasteiger partial charge in [-0.1, -0.05) is 23.7 Å². The number of hydrogen-bond donors (Lipinski definition) is 0. The van der Waals surface area contributed by atoms with Crippen LogP contribution in [0.3, 0.4) is 0 Å². The number of carbonyl (C=O) groups is 1. The predicted molar refractivity (Wildman–Crippen MR) is 92.6 cm³/mol. The zero-order valence-electron chi connectivity index (χ0n) is 12.7. The number of amides is 1. The van der Waals surface area contributed by atoms with Crippen LogP contribution < -0.4 is 0 Å². The van der Waals surface area contributed by atoms with E-state index in [1.165, 1.54) is 0 Å². The van der Waals surface area contributed by atoms with Gasteiger partial charge in [-0.25, -0.2) is 4.98 Å². The minimum atomic E-state index is -0.111. The second kappa shape index (κ2) is 7.25. The van der Waals surface area contributed by atoms with Crippen LogP contribution in [0.15, 0.2) is 35.7 Å². The molecular weight excluding hydrogens is 332 g/mol. The Balaban J connectivity index is 1.64. The van der Waals surface area contributed by atoms with Gasteiger partial charge in [0.2, 0.25) is 5.91 Å². The second-order valence-electron chi connectivity index (χ2n) is 5.32. The maximum absolute atomic E-state index is 12.3. The number of thiazole rings is 1. The SMILES string of the molecule is Cc1nc(C=CC(=O)N2CCOC(c3ccc(Cl)cc3)C2)cs1. The number of halogens is 1. The van der Waals surface area contributed by atoms with Crippen LogP contribution in [0.1, 0.15) is 22.4 Å². The highest BCUT2D eigenvalue weighted by Crippen LogP contribution is 2.24. The van der Waals surface area contributed by atoms with Gasteiger partial charge in [0.05, 0.1) is 23.9 Å². The molecule has 0 bridgehead atoms. The fourth-order valence-corrected chi connectivity index (χ4v) is 3.15. The lowest BCUT2D eigenvalue weighted by Crippen LogP contribution is -2.41. The third-order valence-corrected chi connectivity index (χ3v) is 4.70. The van der Waals surface area contributed by atoms with Crippen LogP contribution in [0.2, 0.25) is 5.02 Å². The molecule has 1 amide bonds. The number of aryl methyl sites for hydroxylation is 1. The molecule has 4 nitrogen and oxygen atoms in total. The van der Waals surface area contributed by atoms with E-state index in [4.69, 9.17) is 16.3 Å². The minimum Gasteiger partial charge on any atom is -0.370 e. The summed E-state index contributed by atoms with van der Waals surface area (Å²) >= 11 is 7.48. The van der Waals surface area contributed by atoms with E-state index in [0.29, 0.717) is 24.7 Å². The van der Waals surface area contributed by atoms with Crippen LogP contribution in [0, 0.1) is 6.92 Å². The number of ether oxygens (including phenoxy) is 1. The molecule has 2 aromatic rings. The molecular formula is C17H17ClN2O2S. The number of hydrogen-bond acceptors (Lipinski definition) is 4. The summed E-state index contributed by atoms with van der Waals surface area (Å²) in [4.78, 5) is 18.5. The molecule has 0 N–H and O–H groups in total. The van der Waals surface area contributed by atoms with Gasteiger partial charge in [0.15, 0.2) is 0 Å². The van der Waals surface area contributed by atoms with Gasteiger partial charge in [-0.05, 0) is 30.7 Å². The molecule has 0 spiro atoms. The Kier molecular flexibility index (Phi) is 5.10. The van der Waals surface area contributed by atoms with Crippen molar-refractivity contribution in [1.82, 2.24) is 9.88 Å². The van der Waals surface area contributed by atoms with Crippen molar-refractivity contribution in [2.24, 2.45) is 0 Å². The molecule has 2 heterocycles. The van der Waals surface area contributed by atoms with Gasteiger partial charge >= 0.3 is 0 Å². The molecule has 1 aromatic carbocycles. The Morgan fingerprint density at radius 2 is 2.22 bits per heavy atom. The number of nitrogens with zero attached hydrogens (tertiary/aromatic N) is 2. The first kappa shape index (κ1) is 16.2. The smallest absolute Gasteiger partial charge is 0.246 e. The average molecular weight is 349 g/mol. The highest BCUT2D eigenvalue weighted by atomic mass is 35.5. The number of carbonyl (C=O) groups excluding carboxylic acids is 1. The van der Waals surface area contributed by atoms with E-state index >= 15 is 0 Å². The fraction of sp³-hybridized carbons (Fsp3) is 0.294. The van der Waals surface area contributed by atoms with Gasteiger partial charge in [-0.3, -0.25) is 4.79 Å². The van der Waals surface area contributed by atoms with Crippen LogP contribution in [-0.2, 0) is 9.53 Å². The summed E-state index contributed by atoms with van der Waals surface area (Å²) in [5.41, 5.74) is 1.86. The molecule has 0 radical (unpaired) electrons. The molecule has 1 fully saturated rings. The predicted octanol–water partition coefficient (Wildman–Crippen LogP) is 3.72. The van der Waals surface area contributed by atoms with E-state index in [-0.39, 0.29) is 12.0 Å². The Hall–Kier alpha value is -1.69. The molecule has 3 rings (SSSR count). The molecule has 6 heteroatoms. The summed E-state index contributed by atoms with van der Waals surface area (Å²) in [6.07, 6.45) is 3.23. The first-order valence-electron chi connectivity index (χ1n) is 7.38. The lowest BCUT2D eigenvalue weighted by molar-refractivity contribution is -0.133. The van der Waals surface area contributed by atoms with Crippen LogP contribution in [0.5, 0.6) is 0 Å². The van der Waals surface area contributed by atoms with Crippen molar-refractivity contribution in [3.8, 4) is 0 Å². The van der Waals surface area contributed by atoms with E-state index in [2.05, 4.69) is 4.98 Å². The van der Waals surface area contributed by atoms with Crippen molar-refractivity contribution in [1.29, 1.82) is 0 Å². The summed E-state index contributed by atoms with van der Waals surface area (Å²) in [6, 6.07) is 7.56. The van der Waals surface area contributed by atoms with Crippen LogP contribution in [0.25, 0.3) is 6.08 Å². The monoisotopic (exact) mass is 348 g/mol. The maximum Gasteiger partial charge on any atom is 0.246 e. The average Bonchev–Trinajstić information content (AvgIpc) is 2.99. The third kappa shape index (κ3) is 4.19. The molecule has 1 aliphatic rings. The maximum atomic E-state index is 12.3. The van der Waals surface area contributed by atoms with Crippen molar-refractivity contribution in [3.05, 3.63) is 57.0 Å². The van der Waals surface area contributed by atoms with Gasteiger partial charge in [0.25, 0.3) is 0 Å². The standard InChI is InChI=1S/C17H17ClN2O2S/c1-12-19-15(11-23-12)6-7-17(21)20-8-9-22-16(10-20)13-2-4-14(18)5-3-13/h2-7,11,16H,8-10H2,1H3. The van der Waals surface area contributed by atoms with E-state index in [1.54, 1.807) is 28.4 Å². The topological polar surface area (TPSA) is 42.4 Å². The summed E-state index contributed by atoms with van der Waals surface area (Å²) in [5, 5.41) is 3.62. The molecule has 1 unspecified atom stereocenters. The second-order valence-corrected chi connectivity index (χ2v) is 6.82. The first-order chi connectivity index (χ1) is 11.1. The molecule has 120 valence electrons. The molecule has 23 heavy (non-hydrogen) atoms. The molecule has 1 aliphatic heterocycles. The van der Waals surface area contributed by atoms with Crippen molar-refractivity contribution in [2.45, 2.75) is 13.0 Å². The number of benzene rings is 1. The van der Waals surface area contributed by atoms with Gasteiger partial charge in [0.1, 0.15) is 6.10 Å². The minimum absolute atomic E-state index is 0.0158. The summed E-state index contributed by atoms with van der Waals surface area (Å²) in [7, 11) is 0. The van der Waals surface area contributed by atoms with Gasteiger partial charge in [-0.2, -0.15) is 0 Å². The third-order valence-electron chi connectivity index (χ3n) is 3.65. The van der Waals surface area contributed by atoms with E-state index < -0.39 is 0 Å². The Bertz CT molecular complexity index is 712. The molecule has 0 aliphatic carbocycles. The van der Waals surface area contributed by atoms with E-state index in [9.17, 15) is 4.79 Å². The van der Waals surface area contributed by atoms with Crippen LogP contribution in [0.4, 0.5) is 0 Å². The van der Waals surface area contributed by atoms with Crippen LogP contribution in [-0.4, -0.2) is 35.5 Å². The van der Waals surface area contributed by atoms with Crippen molar-refractivity contribution < 1.29 is 9.53 Å². The van der Waals surface area contributed by atoms with E-state index in [1.807, 2.05) is 36.6 Å². The Morgan fingerprint density at radius 1 is 1.43 bits per heavy atom. The van der Waals surface area contributed by atoms with E-state index in [0.717, 1.165) is 16.3 Å².